The lowest BCUT2D eigenvalue weighted by Crippen LogP contribution is -2.62. The van der Waals surface area contributed by atoms with Gasteiger partial charge in [0, 0.05) is 43.0 Å². The summed E-state index contributed by atoms with van der Waals surface area (Å²) in [6, 6.07) is 8.20. The second-order valence-electron chi connectivity index (χ2n) is 19.8. The Morgan fingerprint density at radius 1 is 1.03 bits per heavy atom. The molecular formula is C48H78N6O11SSi. The van der Waals surface area contributed by atoms with Crippen LogP contribution in [0.3, 0.4) is 0 Å². The Hall–Kier alpha value is -3.43. The number of oxime groups is 1. The Balaban J connectivity index is 1.54. The molecule has 376 valence electrons. The lowest BCUT2D eigenvalue weighted by Gasteiger charge is -2.50. The van der Waals surface area contributed by atoms with Gasteiger partial charge in [0.25, 0.3) is 0 Å². The second kappa shape index (κ2) is 22.5. The summed E-state index contributed by atoms with van der Waals surface area (Å²) in [6.07, 6.45) is -2.78. The predicted molar refractivity (Wildman–Crippen MR) is 257 cm³/mol. The van der Waals surface area contributed by atoms with Crippen LogP contribution in [0.25, 0.3) is 10.7 Å². The van der Waals surface area contributed by atoms with E-state index in [-0.39, 0.29) is 36.6 Å². The third-order valence-electron chi connectivity index (χ3n) is 15.2. The number of carbonyl (C=O) groups excluding carboxylic acids is 3. The number of hydrogen-bond donors (Lipinski definition) is 2. The van der Waals surface area contributed by atoms with Crippen molar-refractivity contribution in [2.24, 2.45) is 46.4 Å². The Morgan fingerprint density at radius 3 is 2.28 bits per heavy atom. The number of Topliss-reactive ketones (excluding diaryl/α,β-unsaturated/α-hetero) is 1. The van der Waals surface area contributed by atoms with Gasteiger partial charge in [0.1, 0.15) is 29.6 Å². The highest BCUT2D eigenvalue weighted by molar-refractivity contribution is 7.14. The van der Waals surface area contributed by atoms with Crippen LogP contribution in [0.2, 0.25) is 18.1 Å². The van der Waals surface area contributed by atoms with Crippen molar-refractivity contribution in [2.75, 3.05) is 21.2 Å². The van der Waals surface area contributed by atoms with Crippen molar-refractivity contribution in [1.82, 2.24) is 20.1 Å². The molecule has 0 radical (unpaired) electrons. The van der Waals surface area contributed by atoms with E-state index in [1.54, 1.807) is 47.9 Å². The molecular weight excluding hydrogens is 897 g/mol. The summed E-state index contributed by atoms with van der Waals surface area (Å²) in [5.74, 6) is -7.49. The van der Waals surface area contributed by atoms with Gasteiger partial charge in [0.15, 0.2) is 42.2 Å². The normalized spacial score (nSPS) is 36.5. The fraction of sp³-hybridized carbons (Fsp3) is 0.771. The van der Waals surface area contributed by atoms with E-state index in [0.29, 0.717) is 15.7 Å². The number of aromatic nitrogens is 3. The molecule has 0 amide bonds. The molecule has 2 aromatic rings. The molecule has 5 heterocycles. The first-order chi connectivity index (χ1) is 31.5. The number of aliphatic hydroxyl groups excluding tert-OH is 1. The maximum Gasteiger partial charge on any atom is 0.317 e. The molecule has 3 fully saturated rings. The van der Waals surface area contributed by atoms with Crippen molar-refractivity contribution >= 4 is 43.2 Å². The number of likely N-dealkylation sites (N-methyl/N-ethyl adjacent to an activating group) is 1. The molecule has 2 aromatic heterocycles. The van der Waals surface area contributed by atoms with E-state index < -0.39 is 104 Å². The van der Waals surface area contributed by atoms with Crippen LogP contribution in [0.5, 0.6) is 0 Å². The van der Waals surface area contributed by atoms with Crippen LogP contribution in [0.1, 0.15) is 113 Å². The number of nitrogens with zero attached hydrogens (tertiary/aromatic N) is 5. The van der Waals surface area contributed by atoms with E-state index in [1.165, 1.54) is 11.3 Å². The number of rotatable bonds is 15. The number of pyridine rings is 1. The van der Waals surface area contributed by atoms with Crippen LogP contribution in [-0.4, -0.2) is 132 Å². The van der Waals surface area contributed by atoms with Gasteiger partial charge in [-0.25, -0.2) is 0 Å². The van der Waals surface area contributed by atoms with Gasteiger partial charge >= 0.3 is 11.9 Å². The van der Waals surface area contributed by atoms with Crippen LogP contribution in [0.4, 0.5) is 0 Å². The van der Waals surface area contributed by atoms with E-state index >= 15 is 4.79 Å². The van der Waals surface area contributed by atoms with E-state index in [4.69, 9.17) is 38.7 Å². The van der Waals surface area contributed by atoms with Gasteiger partial charge < -0.3 is 48.7 Å². The first-order valence-corrected chi connectivity index (χ1v) is 27.5. The third-order valence-corrected chi connectivity index (χ3v) is 20.9. The summed E-state index contributed by atoms with van der Waals surface area (Å²) < 4.78 is 40.0. The lowest BCUT2D eigenvalue weighted by atomic mass is 9.67. The van der Waals surface area contributed by atoms with Crippen molar-refractivity contribution in [3.8, 4) is 10.7 Å². The quantitative estimate of drug-likeness (QED) is 0.0607. The number of ether oxygens (including phenoxy) is 5. The summed E-state index contributed by atoms with van der Waals surface area (Å²) in [5.41, 5.74) is 4.57. The Labute approximate surface area is 402 Å². The number of esters is 2. The molecule has 16 atom stereocenters. The van der Waals surface area contributed by atoms with Crippen molar-refractivity contribution < 1.29 is 52.4 Å². The van der Waals surface area contributed by atoms with Gasteiger partial charge in [-0.05, 0) is 98.2 Å². The standard InChI is InChI=1S/C48H78N6O11SSi/c1-16-34-48(12)36(35(45(58)63-48)41(49)53-64-31(10)42-51-52-43(66-42)32-22-20-21-23-50-32)28(7)37(55)26(5)25-47(11,59-15)40(29(8)38(56)30(9)44(57)61-34)62-46-39(65-67(17-2,18-3)19-4)33(54(13)14)24-27(6)60-46/h20-23,26-31,33-36,38-40,46,56H,16-19,24-25H2,1-15H3,(H2,49,53)/t26-,27+,28-,29+,30-,31+,33+,34+,35-,36+,38+,39-,40-,46+,47-,48-/m1/s1. The molecule has 0 aromatic carbocycles. The Bertz CT molecular complexity index is 2000. The summed E-state index contributed by atoms with van der Waals surface area (Å²) in [7, 11) is 3.40. The van der Waals surface area contributed by atoms with Gasteiger partial charge in [-0.2, -0.15) is 0 Å². The Kier molecular flexibility index (Phi) is 18.3. The first-order valence-electron chi connectivity index (χ1n) is 24.1. The first kappa shape index (κ1) is 54.5. The number of amidine groups is 1. The topological polar surface area (TPSA) is 216 Å². The number of carbonyl (C=O) groups is 3. The van der Waals surface area contributed by atoms with Crippen LogP contribution in [0.15, 0.2) is 29.6 Å². The van der Waals surface area contributed by atoms with Gasteiger partial charge in [0.2, 0.25) is 0 Å². The number of fused-ring (bicyclic) bond motifs is 1. The van der Waals surface area contributed by atoms with E-state index in [0.717, 1.165) is 24.6 Å². The number of ketones is 1. The number of hydrogen-bond acceptors (Lipinski definition) is 17. The molecule has 0 saturated carbocycles. The van der Waals surface area contributed by atoms with Crippen LogP contribution in [0, 0.1) is 35.5 Å². The van der Waals surface area contributed by atoms with Gasteiger partial charge in [-0.15, -0.1) is 10.2 Å². The van der Waals surface area contributed by atoms with Crippen molar-refractivity contribution in [3.63, 3.8) is 0 Å². The monoisotopic (exact) mass is 975 g/mol. The minimum absolute atomic E-state index is 0.0448. The molecule has 17 nitrogen and oxygen atoms in total. The molecule has 3 aliphatic rings. The van der Waals surface area contributed by atoms with Crippen molar-refractivity contribution in [1.29, 1.82) is 0 Å². The maximum atomic E-state index is 15.1. The highest BCUT2D eigenvalue weighted by Gasteiger charge is 2.63. The van der Waals surface area contributed by atoms with Crippen LogP contribution >= 0.6 is 11.3 Å². The van der Waals surface area contributed by atoms with E-state index in [9.17, 15) is 14.7 Å². The van der Waals surface area contributed by atoms with Crippen LogP contribution in [-0.2, 0) is 47.3 Å². The zero-order chi connectivity index (χ0) is 49.8. The number of methoxy groups -OCH3 is 1. The van der Waals surface area contributed by atoms with Gasteiger partial charge in [-0.3, -0.25) is 19.4 Å². The predicted octanol–water partition coefficient (Wildman–Crippen LogP) is 6.94. The summed E-state index contributed by atoms with van der Waals surface area (Å²) in [6.45, 7) is 22.6. The average molecular weight is 975 g/mol. The largest absolute Gasteiger partial charge is 0.458 e. The molecule has 67 heavy (non-hydrogen) atoms. The summed E-state index contributed by atoms with van der Waals surface area (Å²) in [4.78, 5) is 55.9. The molecule has 0 aliphatic carbocycles. The molecule has 19 heteroatoms. The molecule has 0 unspecified atom stereocenters. The van der Waals surface area contributed by atoms with Crippen molar-refractivity contribution in [2.45, 2.75) is 181 Å². The van der Waals surface area contributed by atoms with Crippen molar-refractivity contribution in [3.05, 3.63) is 29.4 Å². The van der Waals surface area contributed by atoms with E-state index in [2.05, 4.69) is 46.0 Å². The number of aliphatic hydroxyl groups is 1. The minimum atomic E-state index is -2.22. The lowest BCUT2D eigenvalue weighted by molar-refractivity contribution is -0.298. The molecule has 3 saturated heterocycles. The minimum Gasteiger partial charge on any atom is -0.458 e. The fourth-order valence-corrected chi connectivity index (χ4v) is 14.4. The molecule has 0 spiro atoms. The molecule has 3 N–H and O–H groups in total. The molecule has 0 bridgehead atoms. The van der Waals surface area contributed by atoms with Gasteiger partial charge in [0.05, 0.1) is 29.8 Å². The average Bonchev–Trinajstić information content (AvgIpc) is 3.92. The smallest absolute Gasteiger partial charge is 0.317 e. The number of cyclic esters (lactones) is 1. The third kappa shape index (κ3) is 11.5. The molecule has 3 aliphatic heterocycles. The van der Waals surface area contributed by atoms with E-state index in [1.807, 2.05) is 60.0 Å². The Morgan fingerprint density at radius 2 is 1.70 bits per heavy atom. The highest BCUT2D eigenvalue weighted by atomic mass is 32.1. The highest BCUT2D eigenvalue weighted by Crippen LogP contribution is 2.48. The second-order valence-corrected chi connectivity index (χ2v) is 25.5. The number of nitrogens with two attached hydrogens (primary N) is 1. The van der Waals surface area contributed by atoms with Crippen LogP contribution < -0.4 is 5.73 Å². The van der Waals surface area contributed by atoms with Gasteiger partial charge in [-0.1, -0.05) is 71.0 Å². The summed E-state index contributed by atoms with van der Waals surface area (Å²) >= 11 is 1.28. The summed E-state index contributed by atoms with van der Waals surface area (Å²) in [5, 5.41) is 26.1. The zero-order valence-electron chi connectivity index (χ0n) is 42.4. The SMILES string of the molecule is CC[C@@H]1OC(=O)[C@H](C)[C@@H](O)[C@H](C)[C@@H](O[C@@H]2O[C@@H](C)C[C@H](N(C)C)[C@H]2O[Si](CC)(CC)CC)[C@](C)(OC)C[C@@H](C)C(=O)[C@H](C)[C@H]2[C@H](/C(N)=N/O[C@@H](C)c3nnc(-c4ccccn4)s3)C(=O)O[C@@]21C. The zero-order valence-corrected chi connectivity index (χ0v) is 44.2. The maximum absolute atomic E-state index is 15.1. The molecule has 5 rings (SSSR count). The fourth-order valence-electron chi connectivity index (χ4n) is 10.7.